The van der Waals surface area contributed by atoms with Crippen LogP contribution in [0.5, 0.6) is 0 Å². The third-order valence-electron chi connectivity index (χ3n) is 3.50. The minimum absolute atomic E-state index is 0.0104. The van der Waals surface area contributed by atoms with Crippen molar-refractivity contribution in [3.8, 4) is 0 Å². The molecule has 1 fully saturated rings. The summed E-state index contributed by atoms with van der Waals surface area (Å²) in [5, 5.41) is 0. The molecule has 0 aromatic carbocycles. The first-order chi connectivity index (χ1) is 7.54. The number of hydrogen-bond donors (Lipinski definition) is 1. The predicted octanol–water partition coefficient (Wildman–Crippen LogP) is 0.666. The van der Waals surface area contributed by atoms with Crippen molar-refractivity contribution in [3.63, 3.8) is 0 Å². The van der Waals surface area contributed by atoms with E-state index in [9.17, 15) is 4.79 Å². The van der Waals surface area contributed by atoms with E-state index in [0.29, 0.717) is 12.5 Å². The van der Waals surface area contributed by atoms with Gasteiger partial charge in [-0.2, -0.15) is 0 Å². The van der Waals surface area contributed by atoms with Gasteiger partial charge >= 0.3 is 0 Å². The number of nitrogens with two attached hydrogens (primary N) is 1. The fraction of sp³-hybridized carbons (Fsp3) is 0.917. The van der Waals surface area contributed by atoms with Gasteiger partial charge in [0.05, 0.1) is 0 Å². The third kappa shape index (κ3) is 3.76. The van der Waals surface area contributed by atoms with Crippen LogP contribution in [0.15, 0.2) is 0 Å². The third-order valence-corrected chi connectivity index (χ3v) is 3.50. The van der Waals surface area contributed by atoms with Crippen LogP contribution in [0.25, 0.3) is 0 Å². The topological polar surface area (TPSA) is 49.6 Å². The molecule has 2 atom stereocenters. The highest BCUT2D eigenvalue weighted by Gasteiger charge is 2.24. The normalized spacial score (nSPS) is 24.1. The molecule has 4 nitrogen and oxygen atoms in total. The molecule has 2 unspecified atom stereocenters. The summed E-state index contributed by atoms with van der Waals surface area (Å²) in [7, 11) is 4.02. The van der Waals surface area contributed by atoms with Gasteiger partial charge in [0.15, 0.2) is 0 Å². The van der Waals surface area contributed by atoms with E-state index in [1.165, 1.54) is 6.42 Å². The molecule has 1 aliphatic heterocycles. The Kier molecular flexibility index (Phi) is 5.22. The van der Waals surface area contributed by atoms with Gasteiger partial charge in [-0.25, -0.2) is 0 Å². The van der Waals surface area contributed by atoms with Gasteiger partial charge in [0.1, 0.15) is 0 Å². The van der Waals surface area contributed by atoms with Gasteiger partial charge in [0.2, 0.25) is 5.91 Å². The number of nitrogens with zero attached hydrogens (tertiary/aromatic N) is 2. The number of carbonyl (C=O) groups excluding carboxylic acids is 1. The first-order valence-corrected chi connectivity index (χ1v) is 6.24. The molecule has 0 aromatic rings. The van der Waals surface area contributed by atoms with E-state index in [0.717, 1.165) is 25.9 Å². The zero-order chi connectivity index (χ0) is 12.1. The molecule has 1 aliphatic rings. The molecule has 4 heteroatoms. The molecule has 1 heterocycles. The quantitative estimate of drug-likeness (QED) is 0.768. The zero-order valence-corrected chi connectivity index (χ0v) is 10.8. The summed E-state index contributed by atoms with van der Waals surface area (Å²) >= 11 is 0. The molecule has 0 radical (unpaired) electrons. The standard InChI is InChI=1S/C12H25N3O/c1-4-10(13)8-12(16)15(3)11-6-5-7-14(2)9-11/h10-11H,4-9,13H2,1-3H3. The number of hydrogen-bond acceptors (Lipinski definition) is 3. The van der Waals surface area contributed by atoms with Crippen LogP contribution in [-0.4, -0.2) is 55.0 Å². The molecule has 2 N–H and O–H groups in total. The maximum absolute atomic E-state index is 11.9. The first-order valence-electron chi connectivity index (χ1n) is 6.24. The Morgan fingerprint density at radius 1 is 1.62 bits per heavy atom. The number of amides is 1. The Balaban J connectivity index is 2.43. The zero-order valence-electron chi connectivity index (χ0n) is 10.8. The number of piperidine rings is 1. The van der Waals surface area contributed by atoms with Crippen LogP contribution in [0.3, 0.4) is 0 Å². The Hall–Kier alpha value is -0.610. The fourth-order valence-corrected chi connectivity index (χ4v) is 2.17. The molecular formula is C12H25N3O. The first kappa shape index (κ1) is 13.5. The number of likely N-dealkylation sites (tertiary alicyclic amines) is 1. The van der Waals surface area contributed by atoms with Crippen molar-refractivity contribution in [2.75, 3.05) is 27.2 Å². The lowest BCUT2D eigenvalue weighted by Crippen LogP contribution is -2.48. The minimum atomic E-state index is 0.0104. The van der Waals surface area contributed by atoms with Gasteiger partial charge < -0.3 is 15.5 Å². The van der Waals surface area contributed by atoms with Crippen LogP contribution in [0.2, 0.25) is 0 Å². The molecule has 94 valence electrons. The number of rotatable bonds is 4. The van der Waals surface area contributed by atoms with Gasteiger partial charge in [-0.15, -0.1) is 0 Å². The Morgan fingerprint density at radius 2 is 2.31 bits per heavy atom. The molecule has 0 aromatic heterocycles. The molecular weight excluding hydrogens is 202 g/mol. The van der Waals surface area contributed by atoms with Crippen molar-refractivity contribution in [3.05, 3.63) is 0 Å². The Bertz CT molecular complexity index is 232. The largest absolute Gasteiger partial charge is 0.341 e. The minimum Gasteiger partial charge on any atom is -0.341 e. The van der Waals surface area contributed by atoms with Crippen molar-refractivity contribution >= 4 is 5.91 Å². The summed E-state index contributed by atoms with van der Waals surface area (Å²) in [6, 6.07) is 0.381. The maximum atomic E-state index is 11.9. The van der Waals surface area contributed by atoms with Gasteiger partial charge in [0.25, 0.3) is 0 Å². The lowest BCUT2D eigenvalue weighted by Gasteiger charge is -2.36. The van der Waals surface area contributed by atoms with E-state index in [1.54, 1.807) is 0 Å². The number of likely N-dealkylation sites (N-methyl/N-ethyl adjacent to an activating group) is 2. The second-order valence-corrected chi connectivity index (χ2v) is 4.94. The average Bonchev–Trinajstić information content (AvgIpc) is 2.27. The molecule has 0 spiro atoms. The van der Waals surface area contributed by atoms with Gasteiger partial charge in [-0.1, -0.05) is 6.92 Å². The summed E-state index contributed by atoms with van der Waals surface area (Å²) in [5.41, 5.74) is 5.81. The van der Waals surface area contributed by atoms with Crippen molar-refractivity contribution < 1.29 is 4.79 Å². The smallest absolute Gasteiger partial charge is 0.224 e. The highest BCUT2D eigenvalue weighted by Crippen LogP contribution is 2.14. The second-order valence-electron chi connectivity index (χ2n) is 4.94. The van der Waals surface area contributed by atoms with Crippen LogP contribution in [0.4, 0.5) is 0 Å². The molecule has 0 aliphatic carbocycles. The summed E-state index contributed by atoms with van der Waals surface area (Å²) in [6.07, 6.45) is 3.64. The van der Waals surface area contributed by atoms with Crippen molar-refractivity contribution in [1.29, 1.82) is 0 Å². The fourth-order valence-electron chi connectivity index (χ4n) is 2.17. The summed E-state index contributed by atoms with van der Waals surface area (Å²) in [6.45, 7) is 4.16. The molecule has 1 saturated heterocycles. The van der Waals surface area contributed by atoms with Gasteiger partial charge in [-0.05, 0) is 32.9 Å². The van der Waals surface area contributed by atoms with E-state index in [2.05, 4.69) is 11.9 Å². The number of carbonyl (C=O) groups is 1. The lowest BCUT2D eigenvalue weighted by molar-refractivity contribution is -0.133. The summed E-state index contributed by atoms with van der Waals surface area (Å²) in [5.74, 6) is 0.189. The average molecular weight is 227 g/mol. The van der Waals surface area contributed by atoms with Crippen LogP contribution >= 0.6 is 0 Å². The predicted molar refractivity (Wildman–Crippen MR) is 66.2 cm³/mol. The maximum Gasteiger partial charge on any atom is 0.224 e. The summed E-state index contributed by atoms with van der Waals surface area (Å²) in [4.78, 5) is 16.1. The van der Waals surface area contributed by atoms with Crippen molar-refractivity contribution in [2.45, 2.75) is 44.7 Å². The van der Waals surface area contributed by atoms with Crippen molar-refractivity contribution in [2.24, 2.45) is 5.73 Å². The monoisotopic (exact) mass is 227 g/mol. The van der Waals surface area contributed by atoms with Crippen LogP contribution in [0, 0.1) is 0 Å². The van der Waals surface area contributed by atoms with E-state index >= 15 is 0 Å². The van der Waals surface area contributed by atoms with Gasteiger partial charge in [-0.3, -0.25) is 4.79 Å². The SMILES string of the molecule is CCC(N)CC(=O)N(C)C1CCCN(C)C1. The molecule has 0 bridgehead atoms. The molecule has 0 saturated carbocycles. The van der Waals surface area contributed by atoms with Crippen LogP contribution < -0.4 is 5.73 Å². The second kappa shape index (κ2) is 6.21. The molecule has 1 rings (SSSR count). The Labute approximate surface area is 98.8 Å². The summed E-state index contributed by atoms with van der Waals surface area (Å²) < 4.78 is 0. The van der Waals surface area contributed by atoms with E-state index < -0.39 is 0 Å². The van der Waals surface area contributed by atoms with Crippen molar-refractivity contribution in [1.82, 2.24) is 9.80 Å². The van der Waals surface area contributed by atoms with E-state index in [-0.39, 0.29) is 11.9 Å². The highest BCUT2D eigenvalue weighted by atomic mass is 16.2. The lowest BCUT2D eigenvalue weighted by atomic mass is 10.0. The van der Waals surface area contributed by atoms with Crippen LogP contribution in [0.1, 0.15) is 32.6 Å². The molecule has 1 amide bonds. The van der Waals surface area contributed by atoms with E-state index in [4.69, 9.17) is 5.73 Å². The highest BCUT2D eigenvalue weighted by molar-refractivity contribution is 5.76. The Morgan fingerprint density at radius 3 is 2.88 bits per heavy atom. The van der Waals surface area contributed by atoms with E-state index in [1.807, 2.05) is 18.9 Å². The van der Waals surface area contributed by atoms with Gasteiger partial charge in [0, 0.05) is 32.1 Å². The molecule has 16 heavy (non-hydrogen) atoms. The van der Waals surface area contributed by atoms with Crippen LogP contribution in [-0.2, 0) is 4.79 Å².